The Labute approximate surface area is 147 Å². The minimum absolute atomic E-state index is 0.821. The van der Waals surface area contributed by atoms with Gasteiger partial charge in [0.05, 0.1) is 18.3 Å². The molecule has 0 radical (unpaired) electrons. The van der Waals surface area contributed by atoms with E-state index in [1.165, 1.54) is 5.69 Å². The second-order valence-electron chi connectivity index (χ2n) is 5.95. The molecule has 3 aromatic rings. The van der Waals surface area contributed by atoms with Crippen LogP contribution in [0.2, 0.25) is 5.02 Å². The predicted octanol–water partition coefficient (Wildman–Crippen LogP) is 3.36. The van der Waals surface area contributed by atoms with Gasteiger partial charge in [0.2, 0.25) is 0 Å². The Kier molecular flexibility index (Phi) is 5.67. The Morgan fingerprint density at radius 1 is 1.12 bits per heavy atom. The summed E-state index contributed by atoms with van der Waals surface area (Å²) in [6, 6.07) is 8.05. The summed E-state index contributed by atoms with van der Waals surface area (Å²) in [6.07, 6.45) is 10.5. The summed E-state index contributed by atoms with van der Waals surface area (Å²) >= 11 is 6.34. The van der Waals surface area contributed by atoms with Gasteiger partial charge in [0, 0.05) is 56.8 Å². The normalized spacial score (nSPS) is 11.3. The number of nitrogens with zero attached hydrogens (tertiary/aromatic N) is 5. The molecule has 6 heteroatoms. The molecule has 5 nitrogen and oxygen atoms in total. The van der Waals surface area contributed by atoms with Crippen molar-refractivity contribution in [2.24, 2.45) is 7.05 Å². The molecule has 0 fully saturated rings. The van der Waals surface area contributed by atoms with E-state index in [1.54, 1.807) is 0 Å². The third-order valence-corrected chi connectivity index (χ3v) is 4.47. The van der Waals surface area contributed by atoms with Crippen LogP contribution in [0.25, 0.3) is 0 Å². The highest BCUT2D eigenvalue weighted by molar-refractivity contribution is 6.31. The number of benzene rings is 1. The van der Waals surface area contributed by atoms with Crippen LogP contribution >= 0.6 is 11.6 Å². The van der Waals surface area contributed by atoms with Gasteiger partial charge in [-0.2, -0.15) is 0 Å². The number of hydrogen-bond donors (Lipinski definition) is 0. The van der Waals surface area contributed by atoms with Crippen LogP contribution in [0.4, 0.5) is 0 Å². The highest BCUT2D eigenvalue weighted by Gasteiger charge is 2.11. The van der Waals surface area contributed by atoms with E-state index in [9.17, 15) is 0 Å². The summed E-state index contributed by atoms with van der Waals surface area (Å²) in [4.78, 5) is 10.7. The van der Waals surface area contributed by atoms with E-state index in [0.29, 0.717) is 0 Å². The summed E-state index contributed by atoms with van der Waals surface area (Å²) in [5.41, 5.74) is 2.36. The zero-order valence-electron chi connectivity index (χ0n) is 13.8. The van der Waals surface area contributed by atoms with Crippen molar-refractivity contribution in [1.82, 2.24) is 24.0 Å². The first-order chi connectivity index (χ1) is 11.7. The van der Waals surface area contributed by atoms with Crippen molar-refractivity contribution in [3.63, 3.8) is 0 Å². The Morgan fingerprint density at radius 3 is 2.71 bits per heavy atom. The standard InChI is InChI=1S/C18H22ClN5/c1-22-14-21-11-17(22)13-24(9-4-8-23-10-7-20-15-23)12-16-5-2-3-6-18(16)19/h2-3,5-7,10-11,14-15H,4,8-9,12-13H2,1H3. The molecule has 3 rings (SSSR count). The summed E-state index contributed by atoms with van der Waals surface area (Å²) in [5.74, 6) is 0. The molecule has 0 spiro atoms. The molecule has 0 bridgehead atoms. The van der Waals surface area contributed by atoms with E-state index < -0.39 is 0 Å². The first kappa shape index (κ1) is 16.7. The van der Waals surface area contributed by atoms with Crippen LogP contribution in [-0.2, 0) is 26.7 Å². The van der Waals surface area contributed by atoms with Gasteiger partial charge in [0.15, 0.2) is 0 Å². The maximum absolute atomic E-state index is 6.34. The van der Waals surface area contributed by atoms with Gasteiger partial charge >= 0.3 is 0 Å². The van der Waals surface area contributed by atoms with Crippen LogP contribution in [0.15, 0.2) is 55.5 Å². The molecule has 0 saturated heterocycles. The van der Waals surface area contributed by atoms with Crippen molar-refractivity contribution in [2.75, 3.05) is 6.54 Å². The molecule has 0 saturated carbocycles. The molecular formula is C18H22ClN5. The first-order valence-corrected chi connectivity index (χ1v) is 8.47. The fourth-order valence-corrected chi connectivity index (χ4v) is 2.94. The largest absolute Gasteiger partial charge is 0.337 e. The van der Waals surface area contributed by atoms with Gasteiger partial charge in [-0.25, -0.2) is 9.97 Å². The topological polar surface area (TPSA) is 38.9 Å². The SMILES string of the molecule is Cn1cncc1CN(CCCn1ccnc1)Cc1ccccc1Cl. The lowest BCUT2D eigenvalue weighted by Crippen LogP contribution is -2.26. The quantitative estimate of drug-likeness (QED) is 0.629. The average molecular weight is 344 g/mol. The number of aryl methyl sites for hydroxylation is 2. The number of halogens is 1. The second-order valence-corrected chi connectivity index (χ2v) is 6.36. The first-order valence-electron chi connectivity index (χ1n) is 8.09. The van der Waals surface area contributed by atoms with E-state index >= 15 is 0 Å². The lowest BCUT2D eigenvalue weighted by Gasteiger charge is -2.23. The van der Waals surface area contributed by atoms with Crippen LogP contribution in [0.3, 0.4) is 0 Å². The lowest BCUT2D eigenvalue weighted by atomic mass is 10.2. The van der Waals surface area contributed by atoms with Crippen LogP contribution in [0.5, 0.6) is 0 Å². The smallest absolute Gasteiger partial charge is 0.0945 e. The van der Waals surface area contributed by atoms with Crippen LogP contribution in [-0.4, -0.2) is 30.5 Å². The summed E-state index contributed by atoms with van der Waals surface area (Å²) in [6.45, 7) is 3.62. The molecular weight excluding hydrogens is 322 g/mol. The van der Waals surface area contributed by atoms with Crippen LogP contribution < -0.4 is 0 Å². The minimum atomic E-state index is 0.821. The van der Waals surface area contributed by atoms with Gasteiger partial charge in [0.25, 0.3) is 0 Å². The van der Waals surface area contributed by atoms with E-state index in [-0.39, 0.29) is 0 Å². The molecule has 2 aromatic heterocycles. The van der Waals surface area contributed by atoms with Crippen molar-refractivity contribution in [1.29, 1.82) is 0 Å². The Morgan fingerprint density at radius 2 is 2.00 bits per heavy atom. The van der Waals surface area contributed by atoms with Crippen LogP contribution in [0, 0.1) is 0 Å². The van der Waals surface area contributed by atoms with E-state index in [1.807, 2.05) is 56.5 Å². The van der Waals surface area contributed by atoms with Gasteiger partial charge < -0.3 is 9.13 Å². The number of hydrogen-bond acceptors (Lipinski definition) is 3. The monoisotopic (exact) mass is 343 g/mol. The maximum Gasteiger partial charge on any atom is 0.0945 e. The molecule has 0 unspecified atom stereocenters. The number of aromatic nitrogens is 4. The fourth-order valence-electron chi connectivity index (χ4n) is 2.74. The Bertz CT molecular complexity index is 750. The molecule has 0 aliphatic heterocycles. The van der Waals surface area contributed by atoms with Gasteiger partial charge in [0.1, 0.15) is 0 Å². The zero-order valence-corrected chi connectivity index (χ0v) is 14.6. The molecule has 0 aliphatic carbocycles. The van der Waals surface area contributed by atoms with Crippen molar-refractivity contribution < 1.29 is 0 Å². The molecule has 0 amide bonds. The van der Waals surface area contributed by atoms with Gasteiger partial charge in [-0.05, 0) is 18.1 Å². The minimum Gasteiger partial charge on any atom is -0.337 e. The number of imidazole rings is 2. The third-order valence-electron chi connectivity index (χ3n) is 4.10. The molecule has 0 atom stereocenters. The van der Waals surface area contributed by atoms with E-state index in [2.05, 4.69) is 30.1 Å². The molecule has 0 N–H and O–H groups in total. The highest BCUT2D eigenvalue weighted by Crippen LogP contribution is 2.18. The highest BCUT2D eigenvalue weighted by atomic mass is 35.5. The fraction of sp³-hybridized carbons (Fsp3) is 0.333. The van der Waals surface area contributed by atoms with Crippen molar-refractivity contribution in [3.05, 3.63) is 71.8 Å². The van der Waals surface area contributed by atoms with E-state index in [0.717, 1.165) is 43.2 Å². The van der Waals surface area contributed by atoms with Crippen molar-refractivity contribution in [2.45, 2.75) is 26.1 Å². The zero-order chi connectivity index (χ0) is 16.8. The maximum atomic E-state index is 6.34. The van der Waals surface area contributed by atoms with Crippen LogP contribution in [0.1, 0.15) is 17.7 Å². The Hall–Kier alpha value is -2.11. The molecule has 0 aliphatic rings. The van der Waals surface area contributed by atoms with Crippen molar-refractivity contribution in [3.8, 4) is 0 Å². The average Bonchev–Trinajstić information content (AvgIpc) is 3.22. The van der Waals surface area contributed by atoms with Gasteiger partial charge in [-0.1, -0.05) is 29.8 Å². The second kappa shape index (κ2) is 8.13. The third kappa shape index (κ3) is 4.46. The summed E-state index contributed by atoms with van der Waals surface area (Å²) in [5, 5.41) is 0.821. The molecule has 1 aromatic carbocycles. The van der Waals surface area contributed by atoms with Gasteiger partial charge in [-0.3, -0.25) is 4.90 Å². The number of rotatable bonds is 8. The lowest BCUT2D eigenvalue weighted by molar-refractivity contribution is 0.243. The molecule has 2 heterocycles. The summed E-state index contributed by atoms with van der Waals surface area (Å²) in [7, 11) is 2.03. The molecule has 24 heavy (non-hydrogen) atoms. The van der Waals surface area contributed by atoms with E-state index in [4.69, 9.17) is 11.6 Å². The predicted molar refractivity (Wildman–Crippen MR) is 95.6 cm³/mol. The Balaban J connectivity index is 1.65. The summed E-state index contributed by atoms with van der Waals surface area (Å²) < 4.78 is 4.17. The van der Waals surface area contributed by atoms with Gasteiger partial charge in [-0.15, -0.1) is 0 Å². The van der Waals surface area contributed by atoms with Crippen molar-refractivity contribution >= 4 is 11.6 Å². The molecule has 126 valence electrons.